The maximum atomic E-state index is 13.4. The van der Waals surface area contributed by atoms with Gasteiger partial charge in [0.15, 0.2) is 0 Å². The second-order valence-corrected chi connectivity index (χ2v) is 9.33. The second-order valence-electron chi connectivity index (χ2n) is 6.95. The predicted molar refractivity (Wildman–Crippen MR) is 121 cm³/mol. The molecule has 0 spiro atoms. The van der Waals surface area contributed by atoms with Crippen LogP contribution in [-0.2, 0) is 23.1 Å². The summed E-state index contributed by atoms with van der Waals surface area (Å²) in [5.74, 6) is 1.23. The Kier molecular flexibility index (Phi) is 6.55. The zero-order valence-electron chi connectivity index (χ0n) is 17.2. The lowest BCUT2D eigenvalue weighted by Crippen LogP contribution is -2.30. The van der Waals surface area contributed by atoms with Gasteiger partial charge < -0.3 is 9.26 Å². The molecule has 164 valence electrons. The zero-order chi connectivity index (χ0) is 22.6. The molecule has 7 nitrogen and oxygen atoms in total. The zero-order valence-corrected chi connectivity index (χ0v) is 18.8. The molecular formula is C23H20ClN3O4S. The fourth-order valence-corrected chi connectivity index (χ4v) is 4.61. The van der Waals surface area contributed by atoms with E-state index in [0.29, 0.717) is 16.6 Å². The van der Waals surface area contributed by atoms with E-state index in [4.69, 9.17) is 20.9 Å². The molecular weight excluding hydrogens is 450 g/mol. The van der Waals surface area contributed by atoms with Crippen LogP contribution in [0.5, 0.6) is 5.75 Å². The van der Waals surface area contributed by atoms with E-state index in [2.05, 4.69) is 10.1 Å². The standard InChI is InChI=1S/C23H20ClN3O4S/c1-30-20-13-7-17(8-14-20)15-27(32(28,29)21-5-3-2-4-6-21)16-22-25-23(26-31-22)18-9-11-19(24)12-10-18/h2-14H,15-16H2,1H3. The van der Waals surface area contributed by atoms with E-state index in [1.54, 1.807) is 73.8 Å². The maximum absolute atomic E-state index is 13.4. The van der Waals surface area contributed by atoms with Gasteiger partial charge in [-0.1, -0.05) is 47.1 Å². The smallest absolute Gasteiger partial charge is 0.243 e. The number of hydrogen-bond donors (Lipinski definition) is 0. The van der Waals surface area contributed by atoms with Crippen LogP contribution in [0.1, 0.15) is 11.5 Å². The molecule has 9 heteroatoms. The molecule has 0 amide bonds. The second kappa shape index (κ2) is 9.52. The number of aromatic nitrogens is 2. The molecule has 32 heavy (non-hydrogen) atoms. The molecule has 0 saturated heterocycles. The molecule has 0 saturated carbocycles. The third-order valence-corrected chi connectivity index (χ3v) is 6.84. The van der Waals surface area contributed by atoms with Gasteiger partial charge in [0.2, 0.25) is 21.7 Å². The van der Waals surface area contributed by atoms with Crippen molar-refractivity contribution in [1.29, 1.82) is 0 Å². The molecule has 0 aliphatic carbocycles. The molecule has 0 N–H and O–H groups in total. The van der Waals surface area contributed by atoms with Crippen LogP contribution in [0.4, 0.5) is 0 Å². The predicted octanol–water partition coefficient (Wildman–Crippen LogP) is 4.79. The maximum Gasteiger partial charge on any atom is 0.243 e. The Hall–Kier alpha value is -3.20. The van der Waals surface area contributed by atoms with Gasteiger partial charge in [0, 0.05) is 17.1 Å². The summed E-state index contributed by atoms with van der Waals surface area (Å²) in [5, 5.41) is 4.58. The van der Waals surface area contributed by atoms with Crippen molar-refractivity contribution in [2.24, 2.45) is 0 Å². The van der Waals surface area contributed by atoms with Crippen LogP contribution in [0, 0.1) is 0 Å². The van der Waals surface area contributed by atoms with Crippen molar-refractivity contribution >= 4 is 21.6 Å². The van der Waals surface area contributed by atoms with Crippen molar-refractivity contribution in [2.45, 2.75) is 18.0 Å². The van der Waals surface area contributed by atoms with Gasteiger partial charge in [-0.05, 0) is 54.1 Å². The fraction of sp³-hybridized carbons (Fsp3) is 0.130. The lowest BCUT2D eigenvalue weighted by atomic mass is 10.2. The van der Waals surface area contributed by atoms with E-state index in [-0.39, 0.29) is 23.9 Å². The summed E-state index contributed by atoms with van der Waals surface area (Å²) in [4.78, 5) is 4.57. The summed E-state index contributed by atoms with van der Waals surface area (Å²) < 4.78 is 38.6. The minimum absolute atomic E-state index is 0.0795. The average molecular weight is 470 g/mol. The topological polar surface area (TPSA) is 85.5 Å². The Morgan fingerprint density at radius 2 is 1.62 bits per heavy atom. The van der Waals surface area contributed by atoms with E-state index in [1.165, 1.54) is 4.31 Å². The molecule has 0 bridgehead atoms. The Morgan fingerprint density at radius 1 is 0.938 bits per heavy atom. The Bertz CT molecular complexity index is 1280. The molecule has 0 unspecified atom stereocenters. The summed E-state index contributed by atoms with van der Waals surface area (Å²) in [6.07, 6.45) is 0. The van der Waals surface area contributed by atoms with Crippen molar-refractivity contribution in [3.05, 3.63) is 95.3 Å². The highest BCUT2D eigenvalue weighted by Crippen LogP contribution is 2.23. The van der Waals surface area contributed by atoms with E-state index in [1.807, 2.05) is 12.1 Å². The monoisotopic (exact) mass is 469 g/mol. The number of rotatable bonds is 8. The molecule has 0 aliphatic heterocycles. The van der Waals surface area contributed by atoms with Crippen molar-refractivity contribution in [3.8, 4) is 17.1 Å². The first-order valence-corrected chi connectivity index (χ1v) is 11.5. The van der Waals surface area contributed by atoms with Gasteiger partial charge in [-0.15, -0.1) is 0 Å². The van der Waals surface area contributed by atoms with Gasteiger partial charge in [0.05, 0.1) is 18.6 Å². The van der Waals surface area contributed by atoms with Crippen molar-refractivity contribution in [1.82, 2.24) is 14.4 Å². The molecule has 3 aromatic carbocycles. The van der Waals surface area contributed by atoms with Crippen LogP contribution in [0.2, 0.25) is 5.02 Å². The first-order chi connectivity index (χ1) is 15.5. The van der Waals surface area contributed by atoms with Crippen LogP contribution in [-0.4, -0.2) is 30.0 Å². The first kappa shape index (κ1) is 22.0. The normalized spacial score (nSPS) is 11.6. The number of hydrogen-bond acceptors (Lipinski definition) is 6. The minimum Gasteiger partial charge on any atom is -0.497 e. The van der Waals surface area contributed by atoms with Gasteiger partial charge in [-0.3, -0.25) is 0 Å². The lowest BCUT2D eigenvalue weighted by Gasteiger charge is -2.21. The molecule has 1 aromatic heterocycles. The molecule has 0 fully saturated rings. The fourth-order valence-electron chi connectivity index (χ4n) is 3.09. The van der Waals surface area contributed by atoms with Crippen LogP contribution >= 0.6 is 11.6 Å². The molecule has 4 aromatic rings. The molecule has 0 radical (unpaired) electrons. The summed E-state index contributed by atoms with van der Waals surface area (Å²) in [6.45, 7) is 0.0454. The van der Waals surface area contributed by atoms with Crippen molar-refractivity contribution in [3.63, 3.8) is 0 Å². The third-order valence-electron chi connectivity index (χ3n) is 4.78. The van der Waals surface area contributed by atoms with E-state index in [0.717, 1.165) is 11.1 Å². The molecule has 0 atom stereocenters. The highest BCUT2D eigenvalue weighted by Gasteiger charge is 2.27. The van der Waals surface area contributed by atoms with Crippen molar-refractivity contribution in [2.75, 3.05) is 7.11 Å². The van der Waals surface area contributed by atoms with E-state index < -0.39 is 10.0 Å². The van der Waals surface area contributed by atoms with Gasteiger partial charge in [0.25, 0.3) is 0 Å². The van der Waals surface area contributed by atoms with Gasteiger partial charge in [0.1, 0.15) is 5.75 Å². The van der Waals surface area contributed by atoms with E-state index >= 15 is 0 Å². The van der Waals surface area contributed by atoms with Crippen LogP contribution < -0.4 is 4.74 Å². The average Bonchev–Trinajstić information content (AvgIpc) is 3.29. The van der Waals surface area contributed by atoms with Crippen LogP contribution in [0.3, 0.4) is 0 Å². The summed E-state index contributed by atoms with van der Waals surface area (Å²) in [5.41, 5.74) is 1.51. The number of ether oxygens (including phenoxy) is 1. The summed E-state index contributed by atoms with van der Waals surface area (Å²) >= 11 is 5.93. The number of benzene rings is 3. The molecule has 4 rings (SSSR count). The highest BCUT2D eigenvalue weighted by atomic mass is 35.5. The lowest BCUT2D eigenvalue weighted by molar-refractivity contribution is 0.312. The Labute approximate surface area is 191 Å². The first-order valence-electron chi connectivity index (χ1n) is 9.72. The molecule has 1 heterocycles. The highest BCUT2D eigenvalue weighted by molar-refractivity contribution is 7.89. The Balaban J connectivity index is 1.64. The quantitative estimate of drug-likeness (QED) is 0.369. The van der Waals surface area contributed by atoms with Crippen LogP contribution in [0.15, 0.2) is 88.3 Å². The van der Waals surface area contributed by atoms with Gasteiger partial charge in [-0.25, -0.2) is 8.42 Å². The third kappa shape index (κ3) is 4.99. The SMILES string of the molecule is COc1ccc(CN(Cc2nc(-c3ccc(Cl)cc3)no2)S(=O)(=O)c2ccccc2)cc1. The number of nitrogens with zero attached hydrogens (tertiary/aromatic N) is 3. The Morgan fingerprint density at radius 3 is 2.28 bits per heavy atom. The minimum atomic E-state index is -3.82. The van der Waals surface area contributed by atoms with Crippen LogP contribution in [0.25, 0.3) is 11.4 Å². The van der Waals surface area contributed by atoms with Gasteiger partial charge in [-0.2, -0.15) is 9.29 Å². The number of methoxy groups -OCH3 is 1. The number of halogens is 1. The molecule has 0 aliphatic rings. The summed E-state index contributed by atoms with van der Waals surface area (Å²) in [7, 11) is -2.24. The number of sulfonamides is 1. The van der Waals surface area contributed by atoms with E-state index in [9.17, 15) is 8.42 Å². The largest absolute Gasteiger partial charge is 0.497 e. The van der Waals surface area contributed by atoms with Gasteiger partial charge >= 0.3 is 0 Å². The summed E-state index contributed by atoms with van der Waals surface area (Å²) in [6, 6.07) is 22.5. The van der Waals surface area contributed by atoms with Crippen molar-refractivity contribution < 1.29 is 17.7 Å².